The van der Waals surface area contributed by atoms with Crippen molar-refractivity contribution >= 4 is 22.8 Å². The summed E-state index contributed by atoms with van der Waals surface area (Å²) in [5, 5.41) is 14.4. The number of para-hydroxylation sites is 1. The first-order chi connectivity index (χ1) is 14.9. The topological polar surface area (TPSA) is 117 Å². The number of fused-ring (bicyclic) bond motifs is 1. The van der Waals surface area contributed by atoms with Crippen LogP contribution in [0.15, 0.2) is 39.0 Å². The Balaban J connectivity index is 1.92. The summed E-state index contributed by atoms with van der Waals surface area (Å²) in [7, 11) is 1.57. The van der Waals surface area contributed by atoms with Crippen LogP contribution in [0.3, 0.4) is 0 Å². The van der Waals surface area contributed by atoms with Crippen LogP contribution >= 0.6 is 0 Å². The monoisotopic (exact) mass is 426 g/mol. The third-order valence-electron chi connectivity index (χ3n) is 5.36. The Morgan fingerprint density at radius 3 is 2.61 bits per heavy atom. The van der Waals surface area contributed by atoms with Crippen molar-refractivity contribution in [2.75, 3.05) is 5.43 Å². The van der Waals surface area contributed by atoms with Crippen molar-refractivity contribution in [3.8, 4) is 5.75 Å². The number of aromatic amines is 1. The number of imidazole rings is 1. The molecule has 0 saturated heterocycles. The number of aryl methyl sites for hydroxylation is 2. The van der Waals surface area contributed by atoms with Crippen molar-refractivity contribution in [2.45, 2.75) is 58.9 Å². The maximum absolute atomic E-state index is 12.5. The maximum atomic E-state index is 12.5. The Labute approximate surface area is 180 Å². The molecular formula is C22H30N6O3. The molecule has 3 aromatic rings. The molecule has 0 fully saturated rings. The second-order valence-electron chi connectivity index (χ2n) is 7.67. The molecule has 9 nitrogen and oxygen atoms in total. The van der Waals surface area contributed by atoms with Crippen LogP contribution in [0.1, 0.15) is 57.9 Å². The summed E-state index contributed by atoms with van der Waals surface area (Å²) in [6.07, 6.45) is 6.69. The molecule has 0 spiro atoms. The first-order valence-electron chi connectivity index (χ1n) is 10.7. The van der Waals surface area contributed by atoms with E-state index in [2.05, 4.69) is 27.4 Å². The van der Waals surface area contributed by atoms with Crippen LogP contribution in [-0.2, 0) is 13.6 Å². The Hall–Kier alpha value is -3.36. The number of nitrogens with one attached hydrogen (secondary N) is 2. The Morgan fingerprint density at radius 1 is 1.16 bits per heavy atom. The van der Waals surface area contributed by atoms with E-state index in [1.165, 1.54) is 23.8 Å². The van der Waals surface area contributed by atoms with E-state index in [4.69, 9.17) is 0 Å². The Kier molecular flexibility index (Phi) is 7.28. The number of rotatable bonds is 10. The van der Waals surface area contributed by atoms with Crippen molar-refractivity contribution in [3.05, 3.63) is 50.7 Å². The number of benzene rings is 1. The molecule has 1 aromatic carbocycles. The maximum Gasteiger partial charge on any atom is 0.329 e. The van der Waals surface area contributed by atoms with Crippen LogP contribution < -0.4 is 16.7 Å². The van der Waals surface area contributed by atoms with Crippen LogP contribution in [0.5, 0.6) is 5.75 Å². The number of phenols is 1. The first kappa shape index (κ1) is 22.3. The summed E-state index contributed by atoms with van der Waals surface area (Å²) in [4.78, 5) is 31.4. The zero-order chi connectivity index (χ0) is 22.4. The lowest BCUT2D eigenvalue weighted by Gasteiger charge is -2.09. The number of phenolic OH excluding ortho intramolecular Hbond substituents is 1. The van der Waals surface area contributed by atoms with Crippen molar-refractivity contribution in [3.63, 3.8) is 0 Å². The summed E-state index contributed by atoms with van der Waals surface area (Å²) in [6.45, 7) is 4.53. The zero-order valence-corrected chi connectivity index (χ0v) is 18.3. The van der Waals surface area contributed by atoms with E-state index in [0.717, 1.165) is 19.3 Å². The lowest BCUT2D eigenvalue weighted by molar-refractivity contribution is 0.474. The predicted octanol–water partition coefficient (Wildman–Crippen LogP) is 3.33. The molecule has 3 N–H and O–H groups in total. The summed E-state index contributed by atoms with van der Waals surface area (Å²) >= 11 is 0. The molecule has 166 valence electrons. The minimum absolute atomic E-state index is 0.130. The smallest absolute Gasteiger partial charge is 0.329 e. The van der Waals surface area contributed by atoms with E-state index < -0.39 is 11.2 Å². The molecule has 0 amide bonds. The summed E-state index contributed by atoms with van der Waals surface area (Å²) < 4.78 is 3.09. The minimum atomic E-state index is -0.512. The lowest BCUT2D eigenvalue weighted by atomic mass is 10.1. The van der Waals surface area contributed by atoms with Gasteiger partial charge in [-0.3, -0.25) is 14.3 Å². The van der Waals surface area contributed by atoms with Gasteiger partial charge in [0.15, 0.2) is 11.2 Å². The van der Waals surface area contributed by atoms with Gasteiger partial charge in [-0.25, -0.2) is 10.2 Å². The summed E-state index contributed by atoms with van der Waals surface area (Å²) in [5.41, 5.74) is 3.75. The second-order valence-corrected chi connectivity index (χ2v) is 7.67. The van der Waals surface area contributed by atoms with E-state index in [1.54, 1.807) is 36.7 Å². The van der Waals surface area contributed by atoms with Gasteiger partial charge in [0.1, 0.15) is 5.75 Å². The number of aromatic nitrogens is 4. The molecule has 2 heterocycles. The van der Waals surface area contributed by atoms with Crippen molar-refractivity contribution in [1.82, 2.24) is 19.1 Å². The molecule has 2 aromatic heterocycles. The number of nitrogens with zero attached hydrogens (tertiary/aromatic N) is 4. The van der Waals surface area contributed by atoms with Crippen molar-refractivity contribution in [1.29, 1.82) is 0 Å². The van der Waals surface area contributed by atoms with Crippen molar-refractivity contribution in [2.24, 2.45) is 12.1 Å². The van der Waals surface area contributed by atoms with Gasteiger partial charge in [0, 0.05) is 19.2 Å². The molecule has 0 saturated carbocycles. The number of H-pyrrole nitrogens is 1. The summed E-state index contributed by atoms with van der Waals surface area (Å²) in [6, 6.07) is 6.92. The van der Waals surface area contributed by atoms with Crippen LogP contribution in [0.25, 0.3) is 11.2 Å². The molecule has 3 rings (SSSR count). The van der Waals surface area contributed by atoms with Crippen LogP contribution in [0.4, 0.5) is 5.95 Å². The molecule has 0 radical (unpaired) electrons. The molecule has 0 aliphatic carbocycles. The van der Waals surface area contributed by atoms with Crippen LogP contribution in [0.2, 0.25) is 0 Å². The average molecular weight is 427 g/mol. The highest BCUT2D eigenvalue weighted by molar-refractivity contribution is 6.01. The van der Waals surface area contributed by atoms with Gasteiger partial charge < -0.3 is 9.67 Å². The number of hydrogen-bond donors (Lipinski definition) is 3. The standard InChI is InChI=1S/C22H30N6O3/c1-4-5-6-7-8-11-14-28-18-19(27(3)22(31)24-20(18)30)23-21(28)26-25-15(2)16-12-9-10-13-17(16)29/h9-10,12-13,29H,4-8,11,14H2,1-3H3,(H,23,26)(H,24,30,31)/b25-15-. The fraction of sp³-hybridized carbons (Fsp3) is 0.455. The van der Waals surface area contributed by atoms with Crippen LogP contribution in [0, 0.1) is 0 Å². The van der Waals surface area contributed by atoms with E-state index >= 15 is 0 Å². The van der Waals surface area contributed by atoms with Gasteiger partial charge in [0.05, 0.1) is 5.71 Å². The van der Waals surface area contributed by atoms with Gasteiger partial charge in [-0.15, -0.1) is 0 Å². The SMILES string of the molecule is CCCCCCCCn1c(N/N=C(/C)c2ccccc2O)nc2c1c(=O)[nH]c(=O)n2C. The average Bonchev–Trinajstić information content (AvgIpc) is 3.12. The van der Waals surface area contributed by atoms with Gasteiger partial charge >= 0.3 is 5.69 Å². The molecule has 0 aliphatic rings. The fourth-order valence-electron chi connectivity index (χ4n) is 3.56. The molecule has 0 bridgehead atoms. The highest BCUT2D eigenvalue weighted by Gasteiger charge is 2.17. The third kappa shape index (κ3) is 5.04. The molecule has 0 aliphatic heterocycles. The number of hydrazone groups is 1. The highest BCUT2D eigenvalue weighted by atomic mass is 16.3. The molecule has 0 atom stereocenters. The normalized spacial score (nSPS) is 11.9. The first-order valence-corrected chi connectivity index (χ1v) is 10.7. The van der Waals surface area contributed by atoms with Crippen LogP contribution in [-0.4, -0.2) is 29.9 Å². The quantitative estimate of drug-likeness (QED) is 0.261. The third-order valence-corrected chi connectivity index (χ3v) is 5.36. The molecule has 9 heteroatoms. The van der Waals surface area contributed by atoms with E-state index in [-0.39, 0.29) is 5.75 Å². The number of aromatic hydroxyl groups is 1. The Bertz CT molecular complexity index is 1190. The largest absolute Gasteiger partial charge is 0.507 e. The lowest BCUT2D eigenvalue weighted by Crippen LogP contribution is -2.29. The Morgan fingerprint density at radius 2 is 1.87 bits per heavy atom. The van der Waals surface area contributed by atoms with Gasteiger partial charge in [-0.05, 0) is 25.5 Å². The number of unbranched alkanes of at least 4 members (excludes halogenated alkanes) is 5. The van der Waals surface area contributed by atoms with E-state index in [0.29, 0.717) is 34.9 Å². The van der Waals surface area contributed by atoms with Gasteiger partial charge in [-0.2, -0.15) is 10.1 Å². The predicted molar refractivity (Wildman–Crippen MR) is 123 cm³/mol. The fourth-order valence-corrected chi connectivity index (χ4v) is 3.56. The molecular weight excluding hydrogens is 396 g/mol. The van der Waals surface area contributed by atoms with Gasteiger partial charge in [-0.1, -0.05) is 51.2 Å². The number of anilines is 1. The van der Waals surface area contributed by atoms with Gasteiger partial charge in [0.25, 0.3) is 5.56 Å². The van der Waals surface area contributed by atoms with E-state index in [9.17, 15) is 14.7 Å². The second kappa shape index (κ2) is 10.1. The molecule has 31 heavy (non-hydrogen) atoms. The van der Waals surface area contributed by atoms with Crippen molar-refractivity contribution < 1.29 is 5.11 Å². The van der Waals surface area contributed by atoms with Gasteiger partial charge in [0.2, 0.25) is 5.95 Å². The molecule has 0 unspecified atom stereocenters. The number of hydrogen-bond acceptors (Lipinski definition) is 6. The van der Waals surface area contributed by atoms with E-state index in [1.807, 2.05) is 6.07 Å². The minimum Gasteiger partial charge on any atom is -0.507 e. The zero-order valence-electron chi connectivity index (χ0n) is 18.3. The summed E-state index contributed by atoms with van der Waals surface area (Å²) in [5.74, 6) is 0.509. The highest BCUT2D eigenvalue weighted by Crippen LogP contribution is 2.19.